The molecule has 1 aromatic rings. The first-order valence-corrected chi connectivity index (χ1v) is 5.31. The van der Waals surface area contributed by atoms with E-state index in [2.05, 4.69) is 0 Å². The van der Waals surface area contributed by atoms with Crippen molar-refractivity contribution in [2.45, 2.75) is 10.4 Å². The summed E-state index contributed by atoms with van der Waals surface area (Å²) < 4.78 is 71.0. The molecular weight excluding hydrogens is 270 g/mol. The van der Waals surface area contributed by atoms with Crippen LogP contribution in [0.15, 0.2) is 23.1 Å². The summed E-state index contributed by atoms with van der Waals surface area (Å²) in [5.74, 6) is -1.21. The van der Waals surface area contributed by atoms with Crippen LogP contribution in [0.5, 0.6) is 0 Å². The lowest BCUT2D eigenvalue weighted by Crippen LogP contribution is -2.24. The number of hydrogen-bond donors (Lipinski definition) is 0. The van der Waals surface area contributed by atoms with E-state index in [0.717, 1.165) is 0 Å². The molecule has 10 heteroatoms. The van der Waals surface area contributed by atoms with Gasteiger partial charge in [0.05, 0.1) is 11.0 Å². The topological polar surface area (TPSA) is 77.3 Å². The van der Waals surface area contributed by atoms with Crippen molar-refractivity contribution in [2.75, 3.05) is 0 Å². The van der Waals surface area contributed by atoms with Gasteiger partial charge >= 0.3 is 5.51 Å². The monoisotopic (exact) mass is 273 g/mol. The molecule has 1 rings (SSSR count). The highest BCUT2D eigenvalue weighted by Crippen LogP contribution is 2.35. The van der Waals surface area contributed by atoms with Gasteiger partial charge in [0.2, 0.25) is 0 Å². The third kappa shape index (κ3) is 2.35. The summed E-state index contributed by atoms with van der Waals surface area (Å²) in [4.78, 5) is 7.37. The Morgan fingerprint density at radius 1 is 1.24 bits per heavy atom. The van der Waals surface area contributed by atoms with Crippen molar-refractivity contribution in [1.82, 2.24) is 0 Å². The number of alkyl halides is 3. The number of nitro benzene ring substituents is 1. The molecule has 0 aliphatic rings. The lowest BCUT2D eigenvalue weighted by atomic mass is 10.3. The van der Waals surface area contributed by atoms with Crippen molar-refractivity contribution in [3.8, 4) is 0 Å². The van der Waals surface area contributed by atoms with Crippen LogP contribution in [0.25, 0.3) is 0 Å². The van der Waals surface area contributed by atoms with E-state index in [9.17, 15) is 36.1 Å². The fourth-order valence-corrected chi connectivity index (χ4v) is 1.89. The average Bonchev–Trinajstić information content (AvgIpc) is 2.15. The third-order valence-electron chi connectivity index (χ3n) is 1.71. The zero-order valence-corrected chi connectivity index (χ0v) is 8.55. The van der Waals surface area contributed by atoms with Gasteiger partial charge in [-0.1, -0.05) is 0 Å². The van der Waals surface area contributed by atoms with Crippen LogP contribution in [0.1, 0.15) is 0 Å². The molecule has 17 heavy (non-hydrogen) atoms. The van der Waals surface area contributed by atoms with Crippen molar-refractivity contribution >= 4 is 15.5 Å². The number of nitrogens with zero attached hydrogens (tertiary/aromatic N) is 1. The minimum absolute atomic E-state index is 0.110. The molecule has 0 spiro atoms. The first-order valence-electron chi connectivity index (χ1n) is 3.82. The number of nitro groups is 1. The predicted octanol–water partition coefficient (Wildman–Crippen LogP) is 2.03. The van der Waals surface area contributed by atoms with Crippen LogP contribution in [0.4, 0.5) is 23.2 Å². The van der Waals surface area contributed by atoms with Crippen molar-refractivity contribution in [1.29, 1.82) is 0 Å². The van der Waals surface area contributed by atoms with E-state index in [4.69, 9.17) is 0 Å². The second kappa shape index (κ2) is 3.95. The number of rotatable bonds is 2. The molecule has 0 unspecified atom stereocenters. The summed E-state index contributed by atoms with van der Waals surface area (Å²) in [5.41, 5.74) is -7.14. The molecule has 0 saturated carbocycles. The van der Waals surface area contributed by atoms with Crippen molar-refractivity contribution in [3.05, 3.63) is 34.1 Å². The van der Waals surface area contributed by atoms with Gasteiger partial charge in [0.1, 0.15) is 5.82 Å². The highest BCUT2D eigenvalue weighted by atomic mass is 32.2. The van der Waals surface area contributed by atoms with E-state index in [1.54, 1.807) is 0 Å². The minimum Gasteiger partial charge on any atom is -0.258 e. The van der Waals surface area contributed by atoms with E-state index in [-0.39, 0.29) is 12.1 Å². The van der Waals surface area contributed by atoms with E-state index >= 15 is 0 Å². The number of sulfone groups is 1. The highest BCUT2D eigenvalue weighted by molar-refractivity contribution is 7.92. The maximum Gasteiger partial charge on any atom is 0.502 e. The maximum absolute atomic E-state index is 12.6. The molecule has 0 radical (unpaired) electrons. The molecule has 94 valence electrons. The van der Waals surface area contributed by atoms with Crippen LogP contribution in [0.2, 0.25) is 0 Å². The Labute approximate surface area is 91.7 Å². The average molecular weight is 273 g/mol. The van der Waals surface area contributed by atoms with E-state index < -0.39 is 36.7 Å². The number of benzene rings is 1. The van der Waals surface area contributed by atoms with Gasteiger partial charge in [-0.05, 0) is 12.1 Å². The molecular formula is C7H3F4NO4S. The lowest BCUT2D eigenvalue weighted by Gasteiger charge is -2.08. The fourth-order valence-electron chi connectivity index (χ4n) is 0.985. The molecule has 0 heterocycles. The maximum atomic E-state index is 12.6. The smallest absolute Gasteiger partial charge is 0.258 e. The number of halogens is 4. The van der Waals surface area contributed by atoms with Crippen LogP contribution < -0.4 is 0 Å². The summed E-state index contributed by atoms with van der Waals surface area (Å²) in [6.07, 6.45) is 0. The van der Waals surface area contributed by atoms with Crippen molar-refractivity contribution < 1.29 is 30.9 Å². The minimum atomic E-state index is -5.88. The molecule has 0 saturated heterocycles. The Morgan fingerprint density at radius 3 is 2.18 bits per heavy atom. The molecule has 0 amide bonds. The van der Waals surface area contributed by atoms with E-state index in [1.807, 2.05) is 0 Å². The first kappa shape index (κ1) is 13.4. The molecule has 0 atom stereocenters. The third-order valence-corrected chi connectivity index (χ3v) is 3.25. The van der Waals surface area contributed by atoms with E-state index in [0.29, 0.717) is 6.07 Å². The second-order valence-corrected chi connectivity index (χ2v) is 4.73. The van der Waals surface area contributed by atoms with E-state index in [1.165, 1.54) is 0 Å². The van der Waals surface area contributed by atoms with Crippen LogP contribution >= 0.6 is 0 Å². The molecule has 0 aromatic heterocycles. The molecule has 0 bridgehead atoms. The summed E-state index contributed by atoms with van der Waals surface area (Å²) in [6, 6.07) is 0.709. The van der Waals surface area contributed by atoms with Gasteiger partial charge in [0, 0.05) is 0 Å². The highest BCUT2D eigenvalue weighted by Gasteiger charge is 2.49. The molecule has 0 fully saturated rings. The molecule has 1 aromatic carbocycles. The SMILES string of the molecule is O=[N+]([O-])c1cc(F)ccc1S(=O)(=O)C(F)(F)F. The zero-order valence-electron chi connectivity index (χ0n) is 7.73. The number of hydrogen-bond acceptors (Lipinski definition) is 4. The summed E-state index contributed by atoms with van der Waals surface area (Å²) in [6.45, 7) is 0. The Kier molecular flexibility index (Phi) is 3.10. The van der Waals surface area contributed by atoms with Gasteiger partial charge in [-0.3, -0.25) is 10.1 Å². The molecule has 0 N–H and O–H groups in total. The Bertz CT molecular complexity index is 566. The van der Waals surface area contributed by atoms with Crippen molar-refractivity contribution in [3.63, 3.8) is 0 Å². The van der Waals surface area contributed by atoms with Gasteiger partial charge in [-0.2, -0.15) is 13.2 Å². The van der Waals surface area contributed by atoms with Gasteiger partial charge in [-0.15, -0.1) is 0 Å². The Morgan fingerprint density at radius 2 is 1.76 bits per heavy atom. The normalized spacial score (nSPS) is 12.5. The largest absolute Gasteiger partial charge is 0.502 e. The quantitative estimate of drug-likeness (QED) is 0.357. The van der Waals surface area contributed by atoms with Gasteiger partial charge in [0.25, 0.3) is 15.5 Å². The molecule has 0 aliphatic heterocycles. The first-order chi connectivity index (χ1) is 7.57. The van der Waals surface area contributed by atoms with Crippen LogP contribution in [-0.4, -0.2) is 18.8 Å². The van der Waals surface area contributed by atoms with Crippen LogP contribution in [-0.2, 0) is 9.84 Å². The van der Waals surface area contributed by atoms with Crippen molar-refractivity contribution in [2.24, 2.45) is 0 Å². The Balaban J connectivity index is 3.59. The fraction of sp³-hybridized carbons (Fsp3) is 0.143. The predicted molar refractivity (Wildman–Crippen MR) is 46.3 cm³/mol. The summed E-state index contributed by atoms with van der Waals surface area (Å²) in [7, 11) is -5.88. The molecule has 5 nitrogen and oxygen atoms in total. The zero-order chi connectivity index (χ0) is 13.4. The van der Waals surface area contributed by atoms with Gasteiger partial charge < -0.3 is 0 Å². The van der Waals surface area contributed by atoms with Gasteiger partial charge in [0.15, 0.2) is 4.90 Å². The summed E-state index contributed by atoms with van der Waals surface area (Å²) >= 11 is 0. The Hall–Kier alpha value is -1.71. The summed E-state index contributed by atoms with van der Waals surface area (Å²) in [5, 5.41) is 10.4. The lowest BCUT2D eigenvalue weighted by molar-refractivity contribution is -0.388. The second-order valence-electron chi connectivity index (χ2n) is 2.82. The standard InChI is InChI=1S/C7H3F4NO4S/c8-4-1-2-6(5(3-4)12(13)14)17(15,16)7(9,10)11/h1-3H. The van der Waals surface area contributed by atoms with Crippen LogP contribution in [0, 0.1) is 15.9 Å². The molecule has 0 aliphatic carbocycles. The van der Waals surface area contributed by atoms with Gasteiger partial charge in [-0.25, -0.2) is 12.8 Å². The van der Waals surface area contributed by atoms with Crippen LogP contribution in [0.3, 0.4) is 0 Å².